The first-order chi connectivity index (χ1) is 12.6. The first-order valence-corrected chi connectivity index (χ1v) is 8.93. The van der Waals surface area contributed by atoms with Gasteiger partial charge in [0.05, 0.1) is 6.42 Å². The van der Waals surface area contributed by atoms with Gasteiger partial charge in [0.15, 0.2) is 0 Å². The van der Waals surface area contributed by atoms with Crippen LogP contribution >= 0.6 is 0 Å². The van der Waals surface area contributed by atoms with E-state index in [2.05, 4.69) is 16.0 Å². The number of carbonyl (C=O) groups excluding carboxylic acids is 3. The second-order valence-electron chi connectivity index (χ2n) is 7.33. The zero-order chi connectivity index (χ0) is 20.4. The number of halogens is 1. The van der Waals surface area contributed by atoms with Crippen molar-refractivity contribution < 1.29 is 18.8 Å². The molecule has 1 rings (SSSR count). The lowest BCUT2D eigenvalue weighted by atomic mass is 10.1. The Balaban J connectivity index is 2.65. The summed E-state index contributed by atoms with van der Waals surface area (Å²) >= 11 is 0. The molecule has 0 aliphatic carbocycles. The van der Waals surface area contributed by atoms with Crippen LogP contribution in [-0.2, 0) is 20.8 Å². The third-order valence-corrected chi connectivity index (χ3v) is 3.55. The first-order valence-electron chi connectivity index (χ1n) is 8.93. The number of benzene rings is 1. The van der Waals surface area contributed by atoms with Crippen LogP contribution < -0.4 is 21.7 Å². The van der Waals surface area contributed by atoms with E-state index in [-0.39, 0.29) is 43.6 Å². The van der Waals surface area contributed by atoms with Gasteiger partial charge in [-0.25, -0.2) is 4.39 Å². The molecule has 0 heterocycles. The maximum Gasteiger partial charge on any atom is 0.243 e. The van der Waals surface area contributed by atoms with Crippen molar-refractivity contribution in [3.63, 3.8) is 0 Å². The van der Waals surface area contributed by atoms with Crippen LogP contribution in [0.4, 0.5) is 4.39 Å². The summed E-state index contributed by atoms with van der Waals surface area (Å²) in [6.45, 7) is 5.99. The van der Waals surface area contributed by atoms with Crippen molar-refractivity contribution in [1.29, 1.82) is 0 Å². The molecular weight excluding hydrogens is 351 g/mol. The average Bonchev–Trinajstić information content (AvgIpc) is 2.57. The van der Waals surface area contributed by atoms with Gasteiger partial charge in [-0.2, -0.15) is 0 Å². The zero-order valence-electron chi connectivity index (χ0n) is 16.1. The average molecular weight is 380 g/mol. The molecule has 7 nitrogen and oxygen atoms in total. The molecular formula is C19H29FN4O3. The van der Waals surface area contributed by atoms with Gasteiger partial charge < -0.3 is 21.7 Å². The van der Waals surface area contributed by atoms with Gasteiger partial charge in [-0.05, 0) is 44.9 Å². The Morgan fingerprint density at radius 1 is 1.11 bits per heavy atom. The second-order valence-corrected chi connectivity index (χ2v) is 7.33. The quantitative estimate of drug-likeness (QED) is 0.503. The van der Waals surface area contributed by atoms with Crippen molar-refractivity contribution in [2.75, 3.05) is 13.1 Å². The molecule has 1 aromatic carbocycles. The number of hydrogen-bond donors (Lipinski definition) is 4. The zero-order valence-corrected chi connectivity index (χ0v) is 16.1. The standard InChI is InChI=1S/C19H29FN4O3/c1-19(2,3)24-17(26)12-15(18(27)22-11-10-21)23-16(25)9-6-13-4-7-14(20)8-5-13/h4-5,7-8,15H,6,9-12,21H2,1-3H3,(H,22,27)(H,23,25)(H,24,26). The predicted molar refractivity (Wildman–Crippen MR) is 101 cm³/mol. The van der Waals surface area contributed by atoms with Gasteiger partial charge in [-0.3, -0.25) is 14.4 Å². The highest BCUT2D eigenvalue weighted by Crippen LogP contribution is 2.06. The molecule has 0 radical (unpaired) electrons. The topological polar surface area (TPSA) is 113 Å². The van der Waals surface area contributed by atoms with Crippen molar-refractivity contribution >= 4 is 17.7 Å². The fraction of sp³-hybridized carbons (Fsp3) is 0.526. The molecule has 1 unspecified atom stereocenters. The Morgan fingerprint density at radius 2 is 1.74 bits per heavy atom. The molecule has 5 N–H and O–H groups in total. The Labute approximate surface area is 159 Å². The van der Waals surface area contributed by atoms with E-state index in [0.29, 0.717) is 6.42 Å². The molecule has 0 fully saturated rings. The smallest absolute Gasteiger partial charge is 0.243 e. The number of hydrogen-bond acceptors (Lipinski definition) is 4. The Kier molecular flexibility index (Phi) is 8.87. The van der Waals surface area contributed by atoms with Crippen LogP contribution in [0.5, 0.6) is 0 Å². The summed E-state index contributed by atoms with van der Waals surface area (Å²) < 4.78 is 12.9. The maximum absolute atomic E-state index is 12.9. The normalized spacial score (nSPS) is 12.2. The van der Waals surface area contributed by atoms with Crippen molar-refractivity contribution in [2.24, 2.45) is 5.73 Å². The minimum absolute atomic E-state index is 0.118. The molecule has 0 saturated carbocycles. The number of rotatable bonds is 9. The van der Waals surface area contributed by atoms with E-state index in [1.54, 1.807) is 12.1 Å². The largest absolute Gasteiger partial charge is 0.353 e. The molecule has 0 aliphatic rings. The molecule has 150 valence electrons. The summed E-state index contributed by atoms with van der Waals surface area (Å²) in [6.07, 6.45) is 0.348. The lowest BCUT2D eigenvalue weighted by Crippen LogP contribution is -2.51. The van der Waals surface area contributed by atoms with E-state index in [1.807, 2.05) is 20.8 Å². The number of nitrogens with two attached hydrogens (primary N) is 1. The highest BCUT2D eigenvalue weighted by Gasteiger charge is 2.25. The summed E-state index contributed by atoms with van der Waals surface area (Å²) in [7, 11) is 0. The fourth-order valence-electron chi connectivity index (χ4n) is 2.36. The van der Waals surface area contributed by atoms with E-state index in [4.69, 9.17) is 5.73 Å². The fourth-order valence-corrected chi connectivity index (χ4v) is 2.36. The number of nitrogens with one attached hydrogen (secondary N) is 3. The molecule has 1 aromatic rings. The number of aryl methyl sites for hydroxylation is 1. The second kappa shape index (κ2) is 10.6. The highest BCUT2D eigenvalue weighted by molar-refractivity contribution is 5.92. The Bertz CT molecular complexity index is 641. The summed E-state index contributed by atoms with van der Waals surface area (Å²) in [4.78, 5) is 36.6. The summed E-state index contributed by atoms with van der Waals surface area (Å²) in [6, 6.07) is 4.87. The van der Waals surface area contributed by atoms with E-state index in [1.165, 1.54) is 12.1 Å². The van der Waals surface area contributed by atoms with E-state index in [9.17, 15) is 18.8 Å². The Hall–Kier alpha value is -2.48. The third-order valence-electron chi connectivity index (χ3n) is 3.55. The summed E-state index contributed by atoms with van der Waals surface area (Å²) in [5.74, 6) is -1.51. The van der Waals surface area contributed by atoms with Gasteiger partial charge in [0.2, 0.25) is 17.7 Å². The molecule has 0 aliphatic heterocycles. The van der Waals surface area contributed by atoms with Gasteiger partial charge in [-0.1, -0.05) is 12.1 Å². The van der Waals surface area contributed by atoms with E-state index >= 15 is 0 Å². The molecule has 0 bridgehead atoms. The molecule has 1 atom stereocenters. The maximum atomic E-state index is 12.9. The summed E-state index contributed by atoms with van der Waals surface area (Å²) in [5, 5.41) is 7.95. The van der Waals surface area contributed by atoms with E-state index in [0.717, 1.165) is 5.56 Å². The van der Waals surface area contributed by atoms with Gasteiger partial charge in [-0.15, -0.1) is 0 Å². The van der Waals surface area contributed by atoms with Gasteiger partial charge in [0, 0.05) is 25.0 Å². The Morgan fingerprint density at radius 3 is 2.30 bits per heavy atom. The number of carbonyl (C=O) groups is 3. The van der Waals surface area contributed by atoms with Crippen LogP contribution in [-0.4, -0.2) is 42.4 Å². The van der Waals surface area contributed by atoms with Crippen LogP contribution in [0.25, 0.3) is 0 Å². The monoisotopic (exact) mass is 380 g/mol. The van der Waals surface area contributed by atoms with E-state index < -0.39 is 17.5 Å². The van der Waals surface area contributed by atoms with Crippen LogP contribution in [0.2, 0.25) is 0 Å². The first kappa shape index (κ1) is 22.6. The molecule has 0 spiro atoms. The third kappa shape index (κ3) is 9.69. The highest BCUT2D eigenvalue weighted by atomic mass is 19.1. The van der Waals surface area contributed by atoms with Gasteiger partial charge in [0.25, 0.3) is 0 Å². The van der Waals surface area contributed by atoms with Crippen LogP contribution in [0.15, 0.2) is 24.3 Å². The van der Waals surface area contributed by atoms with Crippen LogP contribution in [0, 0.1) is 5.82 Å². The predicted octanol–water partition coefficient (Wildman–Crippen LogP) is 0.623. The molecule has 0 aromatic heterocycles. The minimum atomic E-state index is -0.986. The van der Waals surface area contributed by atoms with Crippen molar-refractivity contribution in [3.05, 3.63) is 35.6 Å². The molecule has 27 heavy (non-hydrogen) atoms. The number of amides is 3. The molecule has 3 amide bonds. The van der Waals surface area contributed by atoms with Crippen LogP contribution in [0.3, 0.4) is 0 Å². The minimum Gasteiger partial charge on any atom is -0.353 e. The lowest BCUT2D eigenvalue weighted by Gasteiger charge is -2.23. The summed E-state index contributed by atoms with van der Waals surface area (Å²) in [5.41, 5.74) is 5.74. The van der Waals surface area contributed by atoms with Crippen molar-refractivity contribution in [1.82, 2.24) is 16.0 Å². The molecule has 8 heteroatoms. The SMILES string of the molecule is CC(C)(C)NC(=O)CC(NC(=O)CCc1ccc(F)cc1)C(=O)NCCN. The van der Waals surface area contributed by atoms with Crippen LogP contribution in [0.1, 0.15) is 39.2 Å². The van der Waals surface area contributed by atoms with Gasteiger partial charge in [0.1, 0.15) is 11.9 Å². The lowest BCUT2D eigenvalue weighted by molar-refractivity contribution is -0.132. The van der Waals surface area contributed by atoms with Gasteiger partial charge >= 0.3 is 0 Å². The molecule has 0 saturated heterocycles. The van der Waals surface area contributed by atoms with Crippen molar-refractivity contribution in [2.45, 2.75) is 51.6 Å². The van der Waals surface area contributed by atoms with Crippen molar-refractivity contribution in [3.8, 4) is 0 Å².